The first-order chi connectivity index (χ1) is 10.1. The first kappa shape index (κ1) is 14.3. The second-order valence-corrected chi connectivity index (χ2v) is 5.93. The normalized spacial score (nSPS) is 15.9. The van der Waals surface area contributed by atoms with E-state index in [0.29, 0.717) is 0 Å². The van der Waals surface area contributed by atoms with Gasteiger partial charge in [-0.05, 0) is 75.3 Å². The standard InChI is InChI=1S/C17H21FN2O/c1-12-6-7-15(18)16-14(12)11-13(19-17(16)21)5-4-10-20-8-2-3-9-20/h6-7,11H,2-5,8-10H2,1H3,(H,19,21). The fourth-order valence-corrected chi connectivity index (χ4v) is 3.17. The lowest BCUT2D eigenvalue weighted by molar-refractivity contribution is 0.333. The van der Waals surface area contributed by atoms with Crippen molar-refractivity contribution in [2.75, 3.05) is 19.6 Å². The van der Waals surface area contributed by atoms with Crippen molar-refractivity contribution in [1.29, 1.82) is 0 Å². The number of nitrogens with one attached hydrogen (secondary N) is 1. The molecule has 0 spiro atoms. The molecule has 4 heteroatoms. The summed E-state index contributed by atoms with van der Waals surface area (Å²) in [5, 5.41) is 0.910. The van der Waals surface area contributed by atoms with E-state index < -0.39 is 5.82 Å². The van der Waals surface area contributed by atoms with E-state index in [1.807, 2.05) is 13.0 Å². The molecule has 21 heavy (non-hydrogen) atoms. The van der Waals surface area contributed by atoms with Gasteiger partial charge in [0, 0.05) is 5.69 Å². The van der Waals surface area contributed by atoms with Gasteiger partial charge in [-0.15, -0.1) is 0 Å². The van der Waals surface area contributed by atoms with Crippen LogP contribution in [0.3, 0.4) is 0 Å². The zero-order valence-corrected chi connectivity index (χ0v) is 12.4. The zero-order chi connectivity index (χ0) is 14.8. The van der Waals surface area contributed by atoms with E-state index in [0.717, 1.165) is 36.0 Å². The van der Waals surface area contributed by atoms with Crippen molar-refractivity contribution in [2.45, 2.75) is 32.6 Å². The second-order valence-electron chi connectivity index (χ2n) is 5.93. The van der Waals surface area contributed by atoms with Crippen molar-refractivity contribution in [2.24, 2.45) is 0 Å². The maximum atomic E-state index is 13.8. The summed E-state index contributed by atoms with van der Waals surface area (Å²) in [6.45, 7) is 5.37. The average Bonchev–Trinajstić information content (AvgIpc) is 2.96. The third-order valence-electron chi connectivity index (χ3n) is 4.35. The summed E-state index contributed by atoms with van der Waals surface area (Å²) in [6.07, 6.45) is 4.45. The van der Waals surface area contributed by atoms with Gasteiger partial charge in [-0.1, -0.05) is 6.07 Å². The van der Waals surface area contributed by atoms with Crippen molar-refractivity contribution in [3.05, 3.63) is 45.6 Å². The topological polar surface area (TPSA) is 36.1 Å². The minimum Gasteiger partial charge on any atom is -0.326 e. The third kappa shape index (κ3) is 3.00. The molecule has 1 aliphatic heterocycles. The summed E-state index contributed by atoms with van der Waals surface area (Å²) in [5.74, 6) is -0.444. The number of halogens is 1. The number of rotatable bonds is 4. The van der Waals surface area contributed by atoms with Crippen LogP contribution in [0.15, 0.2) is 23.0 Å². The Labute approximate surface area is 123 Å². The quantitative estimate of drug-likeness (QED) is 0.939. The Bertz CT molecular complexity index is 702. The van der Waals surface area contributed by atoms with Crippen molar-refractivity contribution >= 4 is 10.8 Å². The number of hydrogen-bond donors (Lipinski definition) is 1. The van der Waals surface area contributed by atoms with Crippen LogP contribution in [0.25, 0.3) is 10.8 Å². The molecular weight excluding hydrogens is 267 g/mol. The number of nitrogens with zero attached hydrogens (tertiary/aromatic N) is 1. The average molecular weight is 288 g/mol. The Morgan fingerprint density at radius 2 is 2.05 bits per heavy atom. The number of benzene rings is 1. The summed E-state index contributed by atoms with van der Waals surface area (Å²) < 4.78 is 13.8. The van der Waals surface area contributed by atoms with Crippen LogP contribution in [0.2, 0.25) is 0 Å². The van der Waals surface area contributed by atoms with Crippen molar-refractivity contribution in [3.8, 4) is 0 Å². The molecule has 1 aliphatic rings. The monoisotopic (exact) mass is 288 g/mol. The highest BCUT2D eigenvalue weighted by molar-refractivity contribution is 5.85. The number of fused-ring (bicyclic) bond motifs is 1. The maximum Gasteiger partial charge on any atom is 0.259 e. The number of aryl methyl sites for hydroxylation is 2. The van der Waals surface area contributed by atoms with Crippen molar-refractivity contribution < 1.29 is 4.39 Å². The van der Waals surface area contributed by atoms with Crippen LogP contribution in [0.5, 0.6) is 0 Å². The maximum absolute atomic E-state index is 13.8. The molecule has 1 saturated heterocycles. The molecule has 1 aromatic heterocycles. The molecule has 0 saturated carbocycles. The molecule has 3 rings (SSSR count). The molecule has 112 valence electrons. The summed E-state index contributed by atoms with van der Waals surface area (Å²) in [6, 6.07) is 5.02. The first-order valence-electron chi connectivity index (χ1n) is 7.68. The fourth-order valence-electron chi connectivity index (χ4n) is 3.17. The van der Waals surface area contributed by atoms with E-state index in [1.54, 1.807) is 6.07 Å². The SMILES string of the molecule is Cc1ccc(F)c2c(=O)[nH]c(CCCN3CCCC3)cc12. The van der Waals surface area contributed by atoms with Gasteiger partial charge in [-0.25, -0.2) is 4.39 Å². The van der Waals surface area contributed by atoms with Crippen LogP contribution in [0.1, 0.15) is 30.5 Å². The molecule has 2 aromatic rings. The molecule has 0 aliphatic carbocycles. The van der Waals surface area contributed by atoms with Gasteiger partial charge in [0.05, 0.1) is 5.39 Å². The van der Waals surface area contributed by atoms with E-state index in [1.165, 1.54) is 32.0 Å². The lowest BCUT2D eigenvalue weighted by Crippen LogP contribution is -2.21. The predicted molar refractivity (Wildman–Crippen MR) is 83.3 cm³/mol. The summed E-state index contributed by atoms with van der Waals surface area (Å²) in [4.78, 5) is 17.4. The minimum atomic E-state index is -0.444. The van der Waals surface area contributed by atoms with Gasteiger partial charge < -0.3 is 9.88 Å². The molecular formula is C17H21FN2O. The predicted octanol–water partition coefficient (Wildman–Crippen LogP) is 3.00. The number of aromatic nitrogens is 1. The number of pyridine rings is 1. The van der Waals surface area contributed by atoms with Crippen LogP contribution in [0, 0.1) is 12.7 Å². The number of hydrogen-bond acceptors (Lipinski definition) is 2. The number of likely N-dealkylation sites (tertiary alicyclic amines) is 1. The highest BCUT2D eigenvalue weighted by Gasteiger charge is 2.12. The molecule has 1 fully saturated rings. The van der Waals surface area contributed by atoms with Crippen molar-refractivity contribution in [1.82, 2.24) is 9.88 Å². The molecule has 0 unspecified atom stereocenters. The lowest BCUT2D eigenvalue weighted by Gasteiger charge is -2.14. The third-order valence-corrected chi connectivity index (χ3v) is 4.35. The smallest absolute Gasteiger partial charge is 0.259 e. The van der Waals surface area contributed by atoms with Gasteiger partial charge in [0.2, 0.25) is 0 Å². The van der Waals surface area contributed by atoms with Gasteiger partial charge in [0.1, 0.15) is 5.82 Å². The fraction of sp³-hybridized carbons (Fsp3) is 0.471. The van der Waals surface area contributed by atoms with Gasteiger partial charge in [0.15, 0.2) is 0 Å². The number of aromatic amines is 1. The van der Waals surface area contributed by atoms with Crippen LogP contribution >= 0.6 is 0 Å². The second kappa shape index (κ2) is 5.98. The summed E-state index contributed by atoms with van der Waals surface area (Å²) in [7, 11) is 0. The van der Waals surface area contributed by atoms with E-state index >= 15 is 0 Å². The van der Waals surface area contributed by atoms with E-state index in [9.17, 15) is 9.18 Å². The van der Waals surface area contributed by atoms with Gasteiger partial charge in [0.25, 0.3) is 5.56 Å². The van der Waals surface area contributed by atoms with Crippen LogP contribution in [0.4, 0.5) is 4.39 Å². The van der Waals surface area contributed by atoms with Gasteiger partial charge in [-0.3, -0.25) is 4.79 Å². The summed E-state index contributed by atoms with van der Waals surface area (Å²) >= 11 is 0. The van der Waals surface area contributed by atoms with Crippen LogP contribution in [-0.4, -0.2) is 29.5 Å². The zero-order valence-electron chi connectivity index (χ0n) is 12.4. The van der Waals surface area contributed by atoms with E-state index in [-0.39, 0.29) is 10.9 Å². The van der Waals surface area contributed by atoms with E-state index in [2.05, 4.69) is 9.88 Å². The highest BCUT2D eigenvalue weighted by Crippen LogP contribution is 2.19. The largest absolute Gasteiger partial charge is 0.326 e. The Morgan fingerprint density at radius 1 is 1.29 bits per heavy atom. The molecule has 1 aromatic carbocycles. The molecule has 3 nitrogen and oxygen atoms in total. The number of H-pyrrole nitrogens is 1. The lowest BCUT2D eigenvalue weighted by atomic mass is 10.0. The highest BCUT2D eigenvalue weighted by atomic mass is 19.1. The molecule has 1 N–H and O–H groups in total. The van der Waals surface area contributed by atoms with E-state index in [4.69, 9.17) is 0 Å². The Morgan fingerprint density at radius 3 is 2.81 bits per heavy atom. The molecule has 0 radical (unpaired) electrons. The van der Waals surface area contributed by atoms with Crippen LogP contribution in [-0.2, 0) is 6.42 Å². The molecule has 2 heterocycles. The summed E-state index contributed by atoms with van der Waals surface area (Å²) in [5.41, 5.74) is 1.53. The Balaban J connectivity index is 1.80. The molecule has 0 atom stereocenters. The van der Waals surface area contributed by atoms with Gasteiger partial charge >= 0.3 is 0 Å². The van der Waals surface area contributed by atoms with Crippen molar-refractivity contribution in [3.63, 3.8) is 0 Å². The minimum absolute atomic E-state index is 0.179. The Hall–Kier alpha value is -1.68. The van der Waals surface area contributed by atoms with Crippen LogP contribution < -0.4 is 5.56 Å². The molecule has 0 bridgehead atoms. The Kier molecular flexibility index (Phi) is 4.06. The first-order valence-corrected chi connectivity index (χ1v) is 7.68. The van der Waals surface area contributed by atoms with Gasteiger partial charge in [-0.2, -0.15) is 0 Å². The molecule has 0 amide bonds.